The van der Waals surface area contributed by atoms with Crippen LogP contribution in [0.4, 0.5) is 5.13 Å². The summed E-state index contributed by atoms with van der Waals surface area (Å²) in [5.41, 5.74) is 1.92. The molecule has 1 unspecified atom stereocenters. The molecule has 0 saturated carbocycles. The summed E-state index contributed by atoms with van der Waals surface area (Å²) in [7, 11) is 0. The minimum atomic E-state index is -0.343. The van der Waals surface area contributed by atoms with Crippen molar-refractivity contribution < 1.29 is 4.79 Å². The lowest BCUT2D eigenvalue weighted by Crippen LogP contribution is -2.25. The van der Waals surface area contributed by atoms with Gasteiger partial charge in [0.2, 0.25) is 0 Å². The summed E-state index contributed by atoms with van der Waals surface area (Å²) in [5.74, 6) is -0.101. The monoisotopic (exact) mass is 264 g/mol. The zero-order chi connectivity index (χ0) is 13.3. The Kier molecular flexibility index (Phi) is 3.47. The number of anilines is 1. The second-order valence-electron chi connectivity index (χ2n) is 4.24. The van der Waals surface area contributed by atoms with Gasteiger partial charge in [0, 0.05) is 16.8 Å². The lowest BCUT2D eigenvalue weighted by atomic mass is 10.3. The van der Waals surface area contributed by atoms with Crippen molar-refractivity contribution in [2.75, 3.05) is 5.32 Å². The van der Waals surface area contributed by atoms with Crippen molar-refractivity contribution in [3.8, 4) is 0 Å². The van der Waals surface area contributed by atoms with E-state index in [1.807, 2.05) is 33.8 Å². The summed E-state index contributed by atoms with van der Waals surface area (Å²) in [6.07, 6.45) is 1.69. The zero-order valence-electron chi connectivity index (χ0n) is 10.9. The van der Waals surface area contributed by atoms with Crippen LogP contribution in [-0.4, -0.2) is 20.7 Å². The van der Waals surface area contributed by atoms with Crippen LogP contribution in [0.2, 0.25) is 0 Å². The normalized spacial score (nSPS) is 12.4. The number of rotatable bonds is 3. The van der Waals surface area contributed by atoms with Gasteiger partial charge in [-0.25, -0.2) is 4.98 Å². The van der Waals surface area contributed by atoms with Crippen LogP contribution in [0.25, 0.3) is 0 Å². The molecule has 0 bridgehead atoms. The number of hydrogen-bond acceptors (Lipinski definition) is 4. The van der Waals surface area contributed by atoms with Crippen molar-refractivity contribution in [3.63, 3.8) is 0 Å². The SMILES string of the molecule is Cc1nc(NC(=O)C(C)n2nccc2C)sc1C. The summed E-state index contributed by atoms with van der Waals surface area (Å²) in [5, 5.41) is 7.61. The number of thiazole rings is 1. The van der Waals surface area contributed by atoms with Crippen LogP contribution < -0.4 is 5.32 Å². The van der Waals surface area contributed by atoms with Crippen molar-refractivity contribution >= 4 is 22.4 Å². The minimum Gasteiger partial charge on any atom is -0.300 e. The molecule has 0 saturated heterocycles. The molecule has 5 nitrogen and oxygen atoms in total. The van der Waals surface area contributed by atoms with Gasteiger partial charge < -0.3 is 5.32 Å². The second kappa shape index (κ2) is 4.89. The van der Waals surface area contributed by atoms with E-state index in [1.165, 1.54) is 11.3 Å². The van der Waals surface area contributed by atoms with Gasteiger partial charge in [0.1, 0.15) is 6.04 Å². The smallest absolute Gasteiger partial charge is 0.250 e. The summed E-state index contributed by atoms with van der Waals surface area (Å²) >= 11 is 1.49. The molecule has 0 radical (unpaired) electrons. The molecule has 96 valence electrons. The molecule has 0 aromatic carbocycles. The van der Waals surface area contributed by atoms with Gasteiger partial charge in [0.25, 0.3) is 5.91 Å². The number of aryl methyl sites for hydroxylation is 3. The van der Waals surface area contributed by atoms with Crippen molar-refractivity contribution in [3.05, 3.63) is 28.5 Å². The highest BCUT2D eigenvalue weighted by molar-refractivity contribution is 7.15. The third kappa shape index (κ3) is 2.43. The van der Waals surface area contributed by atoms with Crippen LogP contribution in [0.5, 0.6) is 0 Å². The number of carbonyl (C=O) groups is 1. The molecule has 0 fully saturated rings. The molecule has 6 heteroatoms. The Morgan fingerprint density at radius 3 is 2.67 bits per heavy atom. The van der Waals surface area contributed by atoms with Gasteiger partial charge in [0.05, 0.1) is 5.69 Å². The van der Waals surface area contributed by atoms with E-state index in [4.69, 9.17) is 0 Å². The maximum Gasteiger partial charge on any atom is 0.250 e. The molecule has 2 heterocycles. The topological polar surface area (TPSA) is 59.8 Å². The van der Waals surface area contributed by atoms with Gasteiger partial charge >= 0.3 is 0 Å². The highest BCUT2D eigenvalue weighted by Crippen LogP contribution is 2.22. The number of nitrogens with one attached hydrogen (secondary N) is 1. The summed E-state index contributed by atoms with van der Waals surface area (Å²) in [6.45, 7) is 7.67. The number of hydrogen-bond donors (Lipinski definition) is 1. The number of nitrogens with zero attached hydrogens (tertiary/aromatic N) is 3. The lowest BCUT2D eigenvalue weighted by molar-refractivity contribution is -0.119. The predicted octanol–water partition coefficient (Wildman–Crippen LogP) is 2.46. The van der Waals surface area contributed by atoms with Crippen LogP contribution in [0.15, 0.2) is 12.3 Å². The zero-order valence-corrected chi connectivity index (χ0v) is 11.7. The van der Waals surface area contributed by atoms with Gasteiger partial charge in [-0.2, -0.15) is 5.10 Å². The molecule has 0 spiro atoms. The Labute approximate surface area is 110 Å². The highest BCUT2D eigenvalue weighted by Gasteiger charge is 2.18. The largest absolute Gasteiger partial charge is 0.300 e. The van der Waals surface area contributed by atoms with Crippen LogP contribution in [0.1, 0.15) is 29.2 Å². The van der Waals surface area contributed by atoms with E-state index in [2.05, 4.69) is 15.4 Å². The van der Waals surface area contributed by atoms with Gasteiger partial charge in [0.15, 0.2) is 5.13 Å². The van der Waals surface area contributed by atoms with E-state index in [9.17, 15) is 4.79 Å². The molecule has 0 aliphatic heterocycles. The quantitative estimate of drug-likeness (QED) is 0.926. The molecule has 0 aliphatic rings. The van der Waals surface area contributed by atoms with Crippen molar-refractivity contribution in [1.29, 1.82) is 0 Å². The maximum absolute atomic E-state index is 12.1. The minimum absolute atomic E-state index is 0.101. The summed E-state index contributed by atoms with van der Waals surface area (Å²) in [4.78, 5) is 17.5. The van der Waals surface area contributed by atoms with Crippen molar-refractivity contribution in [1.82, 2.24) is 14.8 Å². The molecule has 18 heavy (non-hydrogen) atoms. The molecule has 2 rings (SSSR count). The molecule has 1 atom stereocenters. The molecular weight excluding hydrogens is 248 g/mol. The van der Waals surface area contributed by atoms with Gasteiger partial charge in [-0.15, -0.1) is 11.3 Å². The van der Waals surface area contributed by atoms with E-state index in [0.29, 0.717) is 5.13 Å². The summed E-state index contributed by atoms with van der Waals surface area (Å²) in [6, 6.07) is 1.53. The average Bonchev–Trinajstić information content (AvgIpc) is 2.85. The Morgan fingerprint density at radius 2 is 2.17 bits per heavy atom. The van der Waals surface area contributed by atoms with Gasteiger partial charge in [-0.1, -0.05) is 0 Å². The molecule has 1 amide bonds. The Balaban J connectivity index is 2.11. The predicted molar refractivity (Wildman–Crippen MR) is 71.9 cm³/mol. The van der Waals surface area contributed by atoms with Crippen LogP contribution in [-0.2, 0) is 4.79 Å². The van der Waals surface area contributed by atoms with Crippen LogP contribution >= 0.6 is 11.3 Å². The molecule has 1 N–H and O–H groups in total. The molecular formula is C12H16N4OS. The fourth-order valence-corrected chi connectivity index (χ4v) is 2.45. The Hall–Kier alpha value is -1.69. The first-order valence-corrected chi connectivity index (χ1v) is 6.55. The summed E-state index contributed by atoms with van der Waals surface area (Å²) < 4.78 is 1.70. The second-order valence-corrected chi connectivity index (χ2v) is 5.45. The molecule has 2 aromatic heterocycles. The van der Waals surface area contributed by atoms with E-state index < -0.39 is 0 Å². The average molecular weight is 264 g/mol. The van der Waals surface area contributed by atoms with E-state index >= 15 is 0 Å². The fourth-order valence-electron chi connectivity index (χ4n) is 1.63. The van der Waals surface area contributed by atoms with E-state index in [1.54, 1.807) is 10.9 Å². The number of aromatic nitrogens is 3. The Bertz CT molecular complexity index is 553. The third-order valence-corrected chi connectivity index (χ3v) is 3.86. The van der Waals surface area contributed by atoms with Gasteiger partial charge in [-0.3, -0.25) is 9.48 Å². The first-order chi connectivity index (χ1) is 8.49. The first-order valence-electron chi connectivity index (χ1n) is 5.74. The van der Waals surface area contributed by atoms with E-state index in [-0.39, 0.29) is 11.9 Å². The fraction of sp³-hybridized carbons (Fsp3) is 0.417. The van der Waals surface area contributed by atoms with Crippen molar-refractivity contribution in [2.45, 2.75) is 33.7 Å². The lowest BCUT2D eigenvalue weighted by Gasteiger charge is -2.12. The van der Waals surface area contributed by atoms with Crippen molar-refractivity contribution in [2.24, 2.45) is 0 Å². The highest BCUT2D eigenvalue weighted by atomic mass is 32.1. The first kappa shape index (κ1) is 12.8. The molecule has 0 aliphatic carbocycles. The van der Waals surface area contributed by atoms with Gasteiger partial charge in [-0.05, 0) is 33.8 Å². The van der Waals surface area contributed by atoms with Crippen LogP contribution in [0.3, 0.4) is 0 Å². The van der Waals surface area contributed by atoms with Crippen LogP contribution in [0, 0.1) is 20.8 Å². The molecule has 2 aromatic rings. The van der Waals surface area contributed by atoms with E-state index in [0.717, 1.165) is 16.3 Å². The Morgan fingerprint density at radius 1 is 1.44 bits per heavy atom. The number of carbonyl (C=O) groups excluding carboxylic acids is 1. The third-order valence-electron chi connectivity index (χ3n) is 2.87. The number of amides is 1. The maximum atomic E-state index is 12.1. The standard InChI is InChI=1S/C12H16N4OS/c1-7-5-6-13-16(7)9(3)11(17)15-12-14-8(2)10(4)18-12/h5-6,9H,1-4H3,(H,14,15,17).